The second-order valence-electron chi connectivity index (χ2n) is 7.08. The molecule has 0 bridgehead atoms. The van der Waals surface area contributed by atoms with E-state index in [4.69, 9.17) is 32.7 Å². The Bertz CT molecular complexity index is 1060. The lowest BCUT2D eigenvalue weighted by atomic mass is 10.3. The SMILES string of the molecule is O=C(COc1ccc(Cl)c(F)c1)N1CC[C@H](n2cc(COc3ccc(Cl)cc3)nn2)C1. The van der Waals surface area contributed by atoms with Gasteiger partial charge in [-0.3, -0.25) is 4.79 Å². The fraction of sp³-hybridized carbons (Fsp3) is 0.286. The van der Waals surface area contributed by atoms with Crippen molar-refractivity contribution in [2.75, 3.05) is 19.7 Å². The molecule has 10 heteroatoms. The topological polar surface area (TPSA) is 69.5 Å². The molecular weight excluding hydrogens is 446 g/mol. The van der Waals surface area contributed by atoms with Crippen LogP contribution in [0.1, 0.15) is 18.2 Å². The molecule has 1 amide bonds. The van der Waals surface area contributed by atoms with Gasteiger partial charge < -0.3 is 14.4 Å². The molecule has 0 saturated carbocycles. The van der Waals surface area contributed by atoms with E-state index in [0.717, 1.165) is 12.5 Å². The number of rotatable bonds is 7. The Morgan fingerprint density at radius 1 is 1.13 bits per heavy atom. The second kappa shape index (κ2) is 9.53. The highest BCUT2D eigenvalue weighted by atomic mass is 35.5. The third-order valence-corrected chi connectivity index (χ3v) is 5.46. The van der Waals surface area contributed by atoms with E-state index in [2.05, 4.69) is 10.3 Å². The van der Waals surface area contributed by atoms with E-state index in [1.165, 1.54) is 12.1 Å². The molecule has 1 aliphatic heterocycles. The van der Waals surface area contributed by atoms with Crippen LogP contribution in [-0.2, 0) is 11.4 Å². The van der Waals surface area contributed by atoms with Crippen LogP contribution in [-0.4, -0.2) is 45.5 Å². The maximum atomic E-state index is 13.5. The van der Waals surface area contributed by atoms with E-state index in [0.29, 0.717) is 29.6 Å². The van der Waals surface area contributed by atoms with Crippen molar-refractivity contribution in [3.63, 3.8) is 0 Å². The molecule has 1 fully saturated rings. The number of benzene rings is 2. The van der Waals surface area contributed by atoms with Crippen LogP contribution in [0.2, 0.25) is 10.0 Å². The van der Waals surface area contributed by atoms with Crippen LogP contribution in [0.3, 0.4) is 0 Å². The first kappa shape index (κ1) is 21.4. The molecule has 4 rings (SSSR count). The lowest BCUT2D eigenvalue weighted by molar-refractivity contribution is -0.132. The van der Waals surface area contributed by atoms with Gasteiger partial charge in [-0.1, -0.05) is 28.4 Å². The number of hydrogen-bond acceptors (Lipinski definition) is 5. The monoisotopic (exact) mass is 464 g/mol. The Balaban J connectivity index is 1.26. The predicted octanol–water partition coefficient (Wildman–Crippen LogP) is 4.16. The molecule has 0 N–H and O–H groups in total. The van der Waals surface area contributed by atoms with Gasteiger partial charge in [0.2, 0.25) is 0 Å². The number of carbonyl (C=O) groups is 1. The average molecular weight is 465 g/mol. The highest BCUT2D eigenvalue weighted by molar-refractivity contribution is 6.30. The van der Waals surface area contributed by atoms with Crippen LogP contribution in [0.4, 0.5) is 4.39 Å². The number of carbonyl (C=O) groups excluding carboxylic acids is 1. The van der Waals surface area contributed by atoms with Crippen LogP contribution < -0.4 is 9.47 Å². The summed E-state index contributed by atoms with van der Waals surface area (Å²) in [7, 11) is 0. The summed E-state index contributed by atoms with van der Waals surface area (Å²) in [6.07, 6.45) is 2.57. The molecule has 3 aromatic rings. The van der Waals surface area contributed by atoms with Gasteiger partial charge in [0.1, 0.15) is 29.6 Å². The molecule has 0 aliphatic carbocycles. The Morgan fingerprint density at radius 3 is 2.68 bits per heavy atom. The summed E-state index contributed by atoms with van der Waals surface area (Å²) in [6.45, 7) is 1.18. The maximum absolute atomic E-state index is 13.5. The summed E-state index contributed by atoms with van der Waals surface area (Å²) >= 11 is 11.5. The van der Waals surface area contributed by atoms with Crippen molar-refractivity contribution >= 4 is 29.1 Å². The second-order valence-corrected chi connectivity index (χ2v) is 7.92. The van der Waals surface area contributed by atoms with Gasteiger partial charge in [0.25, 0.3) is 5.91 Å². The van der Waals surface area contributed by atoms with Crippen LogP contribution >= 0.6 is 23.2 Å². The van der Waals surface area contributed by atoms with E-state index >= 15 is 0 Å². The van der Waals surface area contributed by atoms with Crippen molar-refractivity contribution in [2.24, 2.45) is 0 Å². The van der Waals surface area contributed by atoms with Gasteiger partial charge in [0.15, 0.2) is 6.61 Å². The number of halogens is 3. The lowest BCUT2D eigenvalue weighted by Gasteiger charge is -2.17. The zero-order valence-electron chi connectivity index (χ0n) is 16.4. The van der Waals surface area contributed by atoms with Crippen molar-refractivity contribution in [3.8, 4) is 11.5 Å². The zero-order valence-corrected chi connectivity index (χ0v) is 17.9. The first-order valence-electron chi connectivity index (χ1n) is 9.62. The smallest absolute Gasteiger partial charge is 0.260 e. The van der Waals surface area contributed by atoms with Gasteiger partial charge in [-0.05, 0) is 42.8 Å². The average Bonchev–Trinajstić information content (AvgIpc) is 3.43. The zero-order chi connectivity index (χ0) is 21.8. The van der Waals surface area contributed by atoms with Crippen molar-refractivity contribution < 1.29 is 18.7 Å². The first-order valence-corrected chi connectivity index (χ1v) is 10.4. The number of aromatic nitrogens is 3. The van der Waals surface area contributed by atoms with Crippen molar-refractivity contribution in [1.29, 1.82) is 0 Å². The molecule has 2 heterocycles. The van der Waals surface area contributed by atoms with Gasteiger partial charge >= 0.3 is 0 Å². The van der Waals surface area contributed by atoms with Gasteiger partial charge in [0, 0.05) is 24.2 Å². The Kier molecular flexibility index (Phi) is 6.58. The molecule has 2 aromatic carbocycles. The fourth-order valence-corrected chi connectivity index (χ4v) is 3.48. The van der Waals surface area contributed by atoms with Gasteiger partial charge in [-0.2, -0.15) is 0 Å². The predicted molar refractivity (Wildman–Crippen MR) is 113 cm³/mol. The number of likely N-dealkylation sites (tertiary alicyclic amines) is 1. The minimum absolute atomic E-state index is 0.00632. The van der Waals surface area contributed by atoms with Crippen LogP contribution in [0.15, 0.2) is 48.7 Å². The molecule has 0 radical (unpaired) electrons. The Hall–Kier alpha value is -2.84. The lowest BCUT2D eigenvalue weighted by Crippen LogP contribution is -2.33. The standard InChI is InChI=1S/C21H19Cl2FN4O3/c22-14-1-3-17(4-2-14)30-12-15-10-28(26-25-15)16-7-8-27(11-16)21(29)13-31-18-5-6-19(23)20(24)9-18/h1-6,9-10,16H,7-8,11-13H2/t16-/m0/s1. The highest BCUT2D eigenvalue weighted by Gasteiger charge is 2.28. The molecule has 7 nitrogen and oxygen atoms in total. The minimum atomic E-state index is -0.588. The Labute approximate surface area is 188 Å². The number of ether oxygens (including phenoxy) is 2. The van der Waals surface area contributed by atoms with E-state index in [9.17, 15) is 9.18 Å². The summed E-state index contributed by atoms with van der Waals surface area (Å²) in [6, 6.07) is 11.2. The summed E-state index contributed by atoms with van der Waals surface area (Å²) in [5.41, 5.74) is 0.688. The number of amides is 1. The first-order chi connectivity index (χ1) is 15.0. The van der Waals surface area contributed by atoms with E-state index in [1.807, 2.05) is 6.20 Å². The van der Waals surface area contributed by atoms with Crippen LogP contribution in [0.25, 0.3) is 0 Å². The van der Waals surface area contributed by atoms with Crippen molar-refractivity contribution in [3.05, 3.63) is 70.2 Å². The molecule has 31 heavy (non-hydrogen) atoms. The van der Waals surface area contributed by atoms with Gasteiger partial charge in [-0.15, -0.1) is 5.10 Å². The molecule has 0 spiro atoms. The molecular formula is C21H19Cl2FN4O3. The number of nitrogens with zero attached hydrogens (tertiary/aromatic N) is 4. The van der Waals surface area contributed by atoms with Crippen molar-refractivity contribution in [2.45, 2.75) is 19.1 Å². The largest absolute Gasteiger partial charge is 0.487 e. The normalized spacial score (nSPS) is 15.8. The van der Waals surface area contributed by atoms with Gasteiger partial charge in [-0.25, -0.2) is 9.07 Å². The Morgan fingerprint density at radius 2 is 1.90 bits per heavy atom. The summed E-state index contributed by atoms with van der Waals surface area (Å²) in [5, 5.41) is 8.96. The maximum Gasteiger partial charge on any atom is 0.260 e. The molecule has 1 aliphatic rings. The van der Waals surface area contributed by atoms with E-state index < -0.39 is 5.82 Å². The molecule has 1 aromatic heterocycles. The summed E-state index contributed by atoms with van der Waals surface area (Å²) < 4.78 is 26.3. The summed E-state index contributed by atoms with van der Waals surface area (Å²) in [4.78, 5) is 14.1. The molecule has 1 saturated heterocycles. The quantitative estimate of drug-likeness (QED) is 0.525. The third kappa shape index (κ3) is 5.45. The molecule has 162 valence electrons. The highest BCUT2D eigenvalue weighted by Crippen LogP contribution is 2.23. The van der Waals surface area contributed by atoms with E-state index in [1.54, 1.807) is 33.8 Å². The third-order valence-electron chi connectivity index (χ3n) is 4.90. The molecule has 1 atom stereocenters. The minimum Gasteiger partial charge on any atom is -0.487 e. The molecule has 0 unspecified atom stereocenters. The van der Waals surface area contributed by atoms with E-state index in [-0.39, 0.29) is 35.9 Å². The summed E-state index contributed by atoms with van der Waals surface area (Å²) in [5.74, 6) is 0.184. The number of hydrogen-bond donors (Lipinski definition) is 0. The van der Waals surface area contributed by atoms with Crippen LogP contribution in [0.5, 0.6) is 11.5 Å². The van der Waals surface area contributed by atoms with Crippen LogP contribution in [0, 0.1) is 5.82 Å². The van der Waals surface area contributed by atoms with Gasteiger partial charge in [0.05, 0.1) is 17.3 Å². The fourth-order valence-electron chi connectivity index (χ4n) is 3.23. The van der Waals surface area contributed by atoms with Crippen molar-refractivity contribution in [1.82, 2.24) is 19.9 Å².